The molecular weight excluding hydrogens is 222 g/mol. The van der Waals surface area contributed by atoms with Crippen molar-refractivity contribution in [3.05, 3.63) is 65.0 Å². The molecule has 1 aromatic carbocycles. The molecule has 2 heteroatoms. The van der Waals surface area contributed by atoms with E-state index in [2.05, 4.69) is 4.98 Å². The number of benzene rings is 1. The third-order valence-electron chi connectivity index (χ3n) is 3.02. The maximum absolute atomic E-state index is 12.1. The van der Waals surface area contributed by atoms with Crippen molar-refractivity contribution in [3.8, 4) is 0 Å². The Kier molecular flexibility index (Phi) is 3.88. The normalized spacial score (nSPS) is 10.3. The predicted octanol–water partition coefficient (Wildman–Crippen LogP) is 3.51. The van der Waals surface area contributed by atoms with Crippen LogP contribution in [0.25, 0.3) is 0 Å². The van der Waals surface area contributed by atoms with Crippen LogP contribution in [-0.2, 0) is 6.42 Å². The molecule has 2 rings (SSSR count). The number of carbonyl (C=O) groups is 1. The smallest absolute Gasteiger partial charge is 0.163 e. The quantitative estimate of drug-likeness (QED) is 0.764. The average Bonchev–Trinajstić information content (AvgIpc) is 2.37. The van der Waals surface area contributed by atoms with Crippen molar-refractivity contribution in [2.24, 2.45) is 0 Å². The molecule has 0 aliphatic carbocycles. The van der Waals surface area contributed by atoms with Gasteiger partial charge < -0.3 is 0 Å². The van der Waals surface area contributed by atoms with Crippen LogP contribution in [0.3, 0.4) is 0 Å². The number of carbonyl (C=O) groups excluding carboxylic acids is 1. The molecule has 1 heterocycles. The Morgan fingerprint density at radius 3 is 2.67 bits per heavy atom. The first-order valence-corrected chi connectivity index (χ1v) is 6.17. The Labute approximate surface area is 108 Å². The van der Waals surface area contributed by atoms with Gasteiger partial charge in [-0.05, 0) is 38.0 Å². The van der Waals surface area contributed by atoms with Gasteiger partial charge in [-0.3, -0.25) is 9.78 Å². The number of hydrogen-bond donors (Lipinski definition) is 0. The summed E-state index contributed by atoms with van der Waals surface area (Å²) in [5, 5.41) is 0. The molecule has 0 spiro atoms. The Bertz CT molecular complexity index is 546. The summed E-state index contributed by atoms with van der Waals surface area (Å²) in [5.74, 6) is 0.193. The van der Waals surface area contributed by atoms with Crippen molar-refractivity contribution in [1.82, 2.24) is 4.98 Å². The van der Waals surface area contributed by atoms with E-state index in [1.54, 1.807) is 6.20 Å². The van der Waals surface area contributed by atoms with Crippen molar-refractivity contribution < 1.29 is 4.79 Å². The van der Waals surface area contributed by atoms with Gasteiger partial charge in [0.25, 0.3) is 0 Å². The van der Waals surface area contributed by atoms with Crippen molar-refractivity contribution in [2.75, 3.05) is 0 Å². The fourth-order valence-corrected chi connectivity index (χ4v) is 2.05. The zero-order valence-corrected chi connectivity index (χ0v) is 10.8. The van der Waals surface area contributed by atoms with Gasteiger partial charge in [-0.25, -0.2) is 0 Å². The minimum atomic E-state index is 0.193. The lowest BCUT2D eigenvalue weighted by Gasteiger charge is -2.05. The van der Waals surface area contributed by atoms with Gasteiger partial charge in [0.05, 0.1) is 0 Å². The number of rotatable bonds is 4. The largest absolute Gasteiger partial charge is 0.294 e. The molecule has 0 unspecified atom stereocenters. The molecule has 0 fully saturated rings. The summed E-state index contributed by atoms with van der Waals surface area (Å²) in [6.07, 6.45) is 2.98. The van der Waals surface area contributed by atoms with Crippen molar-refractivity contribution >= 4 is 5.78 Å². The van der Waals surface area contributed by atoms with Gasteiger partial charge in [0, 0.05) is 23.9 Å². The minimum absolute atomic E-state index is 0.193. The van der Waals surface area contributed by atoms with E-state index in [-0.39, 0.29) is 5.78 Å². The number of nitrogens with zero attached hydrogens (tertiary/aromatic N) is 1. The first kappa shape index (κ1) is 12.5. The van der Waals surface area contributed by atoms with Crippen LogP contribution in [-0.4, -0.2) is 10.8 Å². The molecule has 2 aromatic rings. The van der Waals surface area contributed by atoms with E-state index in [1.165, 1.54) is 5.56 Å². The number of ketones is 1. The molecule has 2 nitrogen and oxygen atoms in total. The highest BCUT2D eigenvalue weighted by atomic mass is 16.1. The Morgan fingerprint density at radius 2 is 2.00 bits per heavy atom. The SMILES string of the molecule is Cc1ccc(C(=O)CCc2ccccn2)c(C)c1. The molecule has 0 saturated heterocycles. The van der Waals surface area contributed by atoms with Crippen LogP contribution in [0.15, 0.2) is 42.6 Å². The van der Waals surface area contributed by atoms with Crippen LogP contribution in [0.2, 0.25) is 0 Å². The molecule has 0 saturated carbocycles. The van der Waals surface area contributed by atoms with Gasteiger partial charge in [0.1, 0.15) is 0 Å². The van der Waals surface area contributed by atoms with Gasteiger partial charge in [0.2, 0.25) is 0 Å². The monoisotopic (exact) mass is 239 g/mol. The second kappa shape index (κ2) is 5.58. The molecule has 0 N–H and O–H groups in total. The van der Waals surface area contributed by atoms with Crippen molar-refractivity contribution in [3.63, 3.8) is 0 Å². The highest BCUT2D eigenvalue weighted by Gasteiger charge is 2.09. The van der Waals surface area contributed by atoms with E-state index in [9.17, 15) is 4.79 Å². The van der Waals surface area contributed by atoms with Crippen LogP contribution in [0.5, 0.6) is 0 Å². The zero-order valence-electron chi connectivity index (χ0n) is 10.8. The summed E-state index contributed by atoms with van der Waals surface area (Å²) in [5.41, 5.74) is 4.04. The number of Topliss-reactive ketones (excluding diaryl/α,β-unsaturated/α-hetero) is 1. The average molecular weight is 239 g/mol. The second-order valence-corrected chi connectivity index (χ2v) is 4.56. The van der Waals surface area contributed by atoms with Crippen molar-refractivity contribution in [1.29, 1.82) is 0 Å². The number of pyridine rings is 1. The number of aromatic nitrogens is 1. The second-order valence-electron chi connectivity index (χ2n) is 4.56. The third-order valence-corrected chi connectivity index (χ3v) is 3.02. The van der Waals surface area contributed by atoms with Crippen LogP contribution < -0.4 is 0 Å². The topological polar surface area (TPSA) is 30.0 Å². The van der Waals surface area contributed by atoms with Crippen LogP contribution in [0.4, 0.5) is 0 Å². The van der Waals surface area contributed by atoms with Gasteiger partial charge in [-0.15, -0.1) is 0 Å². The Hall–Kier alpha value is -1.96. The third kappa shape index (κ3) is 3.04. The first-order chi connectivity index (χ1) is 8.66. The Morgan fingerprint density at radius 1 is 1.17 bits per heavy atom. The lowest BCUT2D eigenvalue weighted by atomic mass is 9.99. The predicted molar refractivity (Wildman–Crippen MR) is 72.8 cm³/mol. The van der Waals surface area contributed by atoms with Crippen LogP contribution in [0.1, 0.15) is 33.6 Å². The van der Waals surface area contributed by atoms with Crippen molar-refractivity contribution in [2.45, 2.75) is 26.7 Å². The molecule has 0 amide bonds. The fourth-order valence-electron chi connectivity index (χ4n) is 2.05. The molecule has 1 aromatic heterocycles. The molecule has 0 aliphatic heterocycles. The number of hydrogen-bond acceptors (Lipinski definition) is 2. The summed E-state index contributed by atoms with van der Waals surface area (Å²) in [4.78, 5) is 16.4. The van der Waals surface area contributed by atoms with E-state index in [0.29, 0.717) is 12.8 Å². The van der Waals surface area contributed by atoms with E-state index in [0.717, 1.165) is 16.8 Å². The standard InChI is InChI=1S/C16H17NO/c1-12-6-8-15(13(2)11-12)16(18)9-7-14-5-3-4-10-17-14/h3-6,8,10-11H,7,9H2,1-2H3. The molecule has 0 atom stereocenters. The number of aryl methyl sites for hydroxylation is 3. The van der Waals surface area contributed by atoms with E-state index < -0.39 is 0 Å². The molecule has 0 radical (unpaired) electrons. The summed E-state index contributed by atoms with van der Waals surface area (Å²) < 4.78 is 0. The first-order valence-electron chi connectivity index (χ1n) is 6.17. The summed E-state index contributed by atoms with van der Waals surface area (Å²) in [6, 6.07) is 11.7. The highest BCUT2D eigenvalue weighted by molar-refractivity contribution is 5.97. The van der Waals surface area contributed by atoms with Gasteiger partial charge in [-0.2, -0.15) is 0 Å². The van der Waals surface area contributed by atoms with E-state index in [4.69, 9.17) is 0 Å². The summed E-state index contributed by atoms with van der Waals surface area (Å²) in [6.45, 7) is 4.02. The summed E-state index contributed by atoms with van der Waals surface area (Å²) >= 11 is 0. The van der Waals surface area contributed by atoms with Gasteiger partial charge in [0.15, 0.2) is 5.78 Å². The van der Waals surface area contributed by atoms with Crippen LogP contribution in [0, 0.1) is 13.8 Å². The molecule has 92 valence electrons. The van der Waals surface area contributed by atoms with Gasteiger partial charge >= 0.3 is 0 Å². The molecule has 18 heavy (non-hydrogen) atoms. The minimum Gasteiger partial charge on any atom is -0.294 e. The maximum Gasteiger partial charge on any atom is 0.163 e. The fraction of sp³-hybridized carbons (Fsp3) is 0.250. The zero-order chi connectivity index (χ0) is 13.0. The van der Waals surface area contributed by atoms with Gasteiger partial charge in [-0.1, -0.05) is 29.8 Å². The summed E-state index contributed by atoms with van der Waals surface area (Å²) in [7, 11) is 0. The van der Waals surface area contributed by atoms with E-state index >= 15 is 0 Å². The van der Waals surface area contributed by atoms with Crippen LogP contribution >= 0.6 is 0 Å². The lowest BCUT2D eigenvalue weighted by Crippen LogP contribution is -2.04. The molecule has 0 aliphatic rings. The van der Waals surface area contributed by atoms with E-state index in [1.807, 2.05) is 50.2 Å². The lowest BCUT2D eigenvalue weighted by molar-refractivity contribution is 0.0982. The highest BCUT2D eigenvalue weighted by Crippen LogP contribution is 2.13. The Balaban J connectivity index is 2.04. The molecule has 0 bridgehead atoms. The maximum atomic E-state index is 12.1. The molecular formula is C16H17NO.